The van der Waals surface area contributed by atoms with Gasteiger partial charge < -0.3 is 15.0 Å². The van der Waals surface area contributed by atoms with Gasteiger partial charge in [0, 0.05) is 31.6 Å². The minimum Gasteiger partial charge on any atom is -0.385 e. The number of anilines is 1. The lowest BCUT2D eigenvalue weighted by Crippen LogP contribution is -2.38. The quantitative estimate of drug-likeness (QED) is 0.707. The van der Waals surface area contributed by atoms with E-state index in [0.29, 0.717) is 31.1 Å². The van der Waals surface area contributed by atoms with E-state index in [0.717, 1.165) is 17.0 Å². The van der Waals surface area contributed by atoms with Gasteiger partial charge in [0.15, 0.2) is 5.13 Å². The largest absolute Gasteiger partial charge is 0.385 e. The molecule has 0 unspecified atom stereocenters. The summed E-state index contributed by atoms with van der Waals surface area (Å²) in [7, 11) is 1.62. The van der Waals surface area contributed by atoms with E-state index in [1.807, 2.05) is 20.8 Å². The third-order valence-corrected chi connectivity index (χ3v) is 4.19. The lowest BCUT2D eigenvalue weighted by molar-refractivity contribution is -0.134. The number of aryl methyl sites for hydroxylation is 2. The number of carbonyl (C=O) groups excluding carboxylic acids is 2. The predicted molar refractivity (Wildman–Crippen MR) is 88.2 cm³/mol. The first-order valence-electron chi connectivity index (χ1n) is 7.48. The molecular formula is C15H25N3O3S. The fraction of sp³-hybridized carbons (Fsp3) is 0.667. The first-order valence-corrected chi connectivity index (χ1v) is 8.30. The Labute approximate surface area is 135 Å². The van der Waals surface area contributed by atoms with Gasteiger partial charge in [0.05, 0.1) is 12.2 Å². The van der Waals surface area contributed by atoms with E-state index in [4.69, 9.17) is 4.74 Å². The molecule has 0 atom stereocenters. The van der Waals surface area contributed by atoms with E-state index in [9.17, 15) is 9.59 Å². The van der Waals surface area contributed by atoms with Gasteiger partial charge in [0.25, 0.3) is 0 Å². The highest BCUT2D eigenvalue weighted by molar-refractivity contribution is 7.15. The highest BCUT2D eigenvalue weighted by atomic mass is 32.1. The van der Waals surface area contributed by atoms with Crippen LogP contribution < -0.4 is 5.32 Å². The zero-order valence-electron chi connectivity index (χ0n) is 13.8. The van der Waals surface area contributed by atoms with Gasteiger partial charge in [-0.25, -0.2) is 4.98 Å². The monoisotopic (exact) mass is 327 g/mol. The van der Waals surface area contributed by atoms with Crippen LogP contribution in [0, 0.1) is 13.8 Å². The van der Waals surface area contributed by atoms with Gasteiger partial charge in [-0.3, -0.25) is 9.59 Å². The Bertz CT molecular complexity index is 483. The first-order chi connectivity index (χ1) is 10.5. The number of ether oxygens (including phenoxy) is 1. The normalized spacial score (nSPS) is 10.5. The standard InChI is InChI=1S/C15H25N3O3S/c1-5-7-14(20)18(8-6-9-21-4)10-13(19)17-15-16-11(2)12(3)22-15/h5-10H2,1-4H3,(H,16,17,19). The van der Waals surface area contributed by atoms with Crippen molar-refractivity contribution >= 4 is 28.3 Å². The maximum Gasteiger partial charge on any atom is 0.245 e. The molecule has 1 rings (SSSR count). The summed E-state index contributed by atoms with van der Waals surface area (Å²) in [6.07, 6.45) is 1.94. The zero-order valence-corrected chi connectivity index (χ0v) is 14.6. The van der Waals surface area contributed by atoms with Crippen molar-refractivity contribution in [2.45, 2.75) is 40.0 Å². The number of hydrogen-bond donors (Lipinski definition) is 1. The summed E-state index contributed by atoms with van der Waals surface area (Å²) in [6.45, 7) is 6.97. The van der Waals surface area contributed by atoms with Gasteiger partial charge in [-0.05, 0) is 26.7 Å². The highest BCUT2D eigenvalue weighted by Crippen LogP contribution is 2.20. The Kier molecular flexibility index (Phi) is 8.05. The van der Waals surface area contributed by atoms with Crippen LogP contribution in [0.4, 0.5) is 5.13 Å². The molecular weight excluding hydrogens is 302 g/mol. The van der Waals surface area contributed by atoms with E-state index in [-0.39, 0.29) is 18.4 Å². The Balaban J connectivity index is 2.58. The number of rotatable bonds is 9. The van der Waals surface area contributed by atoms with Crippen molar-refractivity contribution in [2.75, 3.05) is 32.1 Å². The van der Waals surface area contributed by atoms with Crippen LogP contribution in [0.3, 0.4) is 0 Å². The molecule has 2 amide bonds. The molecule has 0 saturated carbocycles. The van der Waals surface area contributed by atoms with Crippen LogP contribution in [0.25, 0.3) is 0 Å². The molecule has 1 heterocycles. The van der Waals surface area contributed by atoms with Gasteiger partial charge in [0.2, 0.25) is 11.8 Å². The molecule has 6 nitrogen and oxygen atoms in total. The smallest absolute Gasteiger partial charge is 0.245 e. The van der Waals surface area contributed by atoms with E-state index in [2.05, 4.69) is 10.3 Å². The lowest BCUT2D eigenvalue weighted by atomic mass is 10.2. The minimum atomic E-state index is -0.212. The lowest BCUT2D eigenvalue weighted by Gasteiger charge is -2.21. The van der Waals surface area contributed by atoms with Gasteiger partial charge >= 0.3 is 0 Å². The van der Waals surface area contributed by atoms with Crippen molar-refractivity contribution in [3.8, 4) is 0 Å². The number of hydrogen-bond acceptors (Lipinski definition) is 5. The third kappa shape index (κ3) is 6.11. The number of nitrogens with zero attached hydrogens (tertiary/aromatic N) is 2. The Morgan fingerprint density at radius 1 is 1.36 bits per heavy atom. The average Bonchev–Trinajstić information content (AvgIpc) is 2.76. The van der Waals surface area contributed by atoms with E-state index in [1.165, 1.54) is 11.3 Å². The maximum atomic E-state index is 12.1. The Morgan fingerprint density at radius 3 is 2.64 bits per heavy atom. The van der Waals surface area contributed by atoms with Crippen LogP contribution in [-0.4, -0.2) is 48.5 Å². The summed E-state index contributed by atoms with van der Waals surface area (Å²) < 4.78 is 5.00. The van der Waals surface area contributed by atoms with Gasteiger partial charge in [-0.15, -0.1) is 11.3 Å². The maximum absolute atomic E-state index is 12.1. The molecule has 1 N–H and O–H groups in total. The summed E-state index contributed by atoms with van der Waals surface area (Å²) in [5, 5.41) is 3.35. The molecule has 0 fully saturated rings. The number of amides is 2. The van der Waals surface area contributed by atoms with E-state index >= 15 is 0 Å². The summed E-state index contributed by atoms with van der Waals surface area (Å²) in [4.78, 5) is 31.1. The van der Waals surface area contributed by atoms with Gasteiger partial charge in [-0.2, -0.15) is 0 Å². The molecule has 1 aromatic rings. The van der Waals surface area contributed by atoms with Crippen LogP contribution in [0.1, 0.15) is 36.8 Å². The Morgan fingerprint density at radius 2 is 2.09 bits per heavy atom. The zero-order chi connectivity index (χ0) is 16.5. The molecule has 0 saturated heterocycles. The second-order valence-corrected chi connectivity index (χ2v) is 6.32. The van der Waals surface area contributed by atoms with Gasteiger partial charge in [0.1, 0.15) is 0 Å². The van der Waals surface area contributed by atoms with Crippen molar-refractivity contribution in [3.05, 3.63) is 10.6 Å². The van der Waals surface area contributed by atoms with Crippen molar-refractivity contribution in [1.29, 1.82) is 0 Å². The third-order valence-electron chi connectivity index (χ3n) is 3.20. The summed E-state index contributed by atoms with van der Waals surface area (Å²) in [5.41, 5.74) is 0.916. The fourth-order valence-electron chi connectivity index (χ4n) is 1.92. The van der Waals surface area contributed by atoms with Crippen molar-refractivity contribution in [3.63, 3.8) is 0 Å². The van der Waals surface area contributed by atoms with Crippen LogP contribution >= 0.6 is 11.3 Å². The van der Waals surface area contributed by atoms with Crippen molar-refractivity contribution in [1.82, 2.24) is 9.88 Å². The number of nitrogens with one attached hydrogen (secondary N) is 1. The fourth-order valence-corrected chi connectivity index (χ4v) is 2.75. The molecule has 1 aromatic heterocycles. The molecule has 0 spiro atoms. The number of thiazole rings is 1. The topological polar surface area (TPSA) is 71.5 Å². The molecule has 0 bridgehead atoms. The van der Waals surface area contributed by atoms with E-state index in [1.54, 1.807) is 12.0 Å². The molecule has 7 heteroatoms. The highest BCUT2D eigenvalue weighted by Gasteiger charge is 2.17. The molecule has 0 aliphatic rings. The predicted octanol–water partition coefficient (Wildman–Crippen LogP) is 2.36. The molecule has 124 valence electrons. The number of carbonyl (C=O) groups is 2. The van der Waals surface area contributed by atoms with E-state index < -0.39 is 0 Å². The first kappa shape index (κ1) is 18.6. The van der Waals surface area contributed by atoms with Gasteiger partial charge in [-0.1, -0.05) is 6.92 Å². The molecule has 0 aliphatic carbocycles. The summed E-state index contributed by atoms with van der Waals surface area (Å²) in [5.74, 6) is -0.212. The van der Waals surface area contributed by atoms with Crippen LogP contribution in [0.15, 0.2) is 0 Å². The van der Waals surface area contributed by atoms with Crippen LogP contribution in [-0.2, 0) is 14.3 Å². The van der Waals surface area contributed by atoms with Crippen LogP contribution in [0.5, 0.6) is 0 Å². The summed E-state index contributed by atoms with van der Waals surface area (Å²) in [6, 6.07) is 0. The molecule has 0 radical (unpaired) electrons. The Hall–Kier alpha value is -1.47. The van der Waals surface area contributed by atoms with Crippen molar-refractivity contribution < 1.29 is 14.3 Å². The average molecular weight is 327 g/mol. The van der Waals surface area contributed by atoms with Crippen LogP contribution in [0.2, 0.25) is 0 Å². The SMILES string of the molecule is CCCC(=O)N(CCCOC)CC(=O)Nc1nc(C)c(C)s1. The minimum absolute atomic E-state index is 0.000234. The molecule has 22 heavy (non-hydrogen) atoms. The second kappa shape index (κ2) is 9.53. The molecule has 0 aliphatic heterocycles. The summed E-state index contributed by atoms with van der Waals surface area (Å²) >= 11 is 1.44. The second-order valence-electron chi connectivity index (χ2n) is 5.12. The van der Waals surface area contributed by atoms with Crippen molar-refractivity contribution in [2.24, 2.45) is 0 Å². The molecule has 0 aromatic carbocycles. The number of aromatic nitrogens is 1. The number of methoxy groups -OCH3 is 1.